The van der Waals surface area contributed by atoms with Crippen LogP contribution in [0, 0.1) is 0 Å². The molecular formula is C57H113NO11S. The van der Waals surface area contributed by atoms with E-state index >= 15 is 0 Å². The number of amides is 1. The Hall–Kier alpha value is -0.900. The van der Waals surface area contributed by atoms with Crippen molar-refractivity contribution in [3.8, 4) is 0 Å². The van der Waals surface area contributed by atoms with E-state index in [1.165, 1.54) is 225 Å². The minimum atomic E-state index is -5.08. The smallest absolute Gasteiger partial charge is 0.394 e. The highest BCUT2D eigenvalue weighted by molar-refractivity contribution is 7.80. The van der Waals surface area contributed by atoms with Crippen LogP contribution in [0.4, 0.5) is 0 Å². The van der Waals surface area contributed by atoms with Gasteiger partial charge in [0.1, 0.15) is 24.4 Å². The molecule has 1 rings (SSSR count). The minimum absolute atomic E-state index is 0.222. The van der Waals surface area contributed by atoms with Crippen molar-refractivity contribution in [2.75, 3.05) is 13.2 Å². The lowest BCUT2D eigenvalue weighted by Gasteiger charge is -2.41. The van der Waals surface area contributed by atoms with E-state index in [0.29, 0.717) is 12.8 Å². The first kappa shape index (κ1) is 67.1. The van der Waals surface area contributed by atoms with Gasteiger partial charge in [-0.1, -0.05) is 284 Å². The van der Waals surface area contributed by atoms with Crippen LogP contribution in [0.15, 0.2) is 0 Å². The average molecular weight is 1020 g/mol. The highest BCUT2D eigenvalue weighted by atomic mass is 32.3. The number of rotatable bonds is 53. The van der Waals surface area contributed by atoms with Crippen LogP contribution in [0.5, 0.6) is 0 Å². The zero-order valence-corrected chi connectivity index (χ0v) is 46.2. The molecule has 7 atom stereocenters. The maximum atomic E-state index is 13.2. The van der Waals surface area contributed by atoms with E-state index in [-0.39, 0.29) is 12.5 Å². The van der Waals surface area contributed by atoms with E-state index in [1.807, 2.05) is 0 Å². The molecule has 1 aliphatic heterocycles. The molecule has 70 heavy (non-hydrogen) atoms. The van der Waals surface area contributed by atoms with Gasteiger partial charge in [0, 0.05) is 6.42 Å². The Morgan fingerprint density at radius 1 is 0.514 bits per heavy atom. The van der Waals surface area contributed by atoms with Crippen molar-refractivity contribution in [2.24, 2.45) is 0 Å². The Balaban J connectivity index is 2.33. The summed E-state index contributed by atoms with van der Waals surface area (Å²) in [7, 11) is -5.08. The molecular weight excluding hydrogens is 907 g/mol. The zero-order chi connectivity index (χ0) is 51.2. The van der Waals surface area contributed by atoms with Crippen LogP contribution in [0.2, 0.25) is 0 Å². The molecule has 418 valence electrons. The quantitative estimate of drug-likeness (QED) is 0.0251. The standard InChI is InChI=1S/C57H113NO11S/c1-3-5-7-9-11-13-15-17-19-21-23-25-26-27-28-30-32-34-36-38-40-42-44-46-51(60)50(49-67-57-55(63)56(69-70(64,65)66)54(62)52(48-59)68-57)58-53(61)47-45-43-41-39-37-35-33-31-29-24-22-20-18-16-14-12-10-8-6-4-2/h50-52,54-57,59-60,62-63H,3-49H2,1-2H3,(H,58,61)(H,64,65,66). The van der Waals surface area contributed by atoms with Gasteiger partial charge in [0.2, 0.25) is 5.91 Å². The van der Waals surface area contributed by atoms with Crippen molar-refractivity contribution >= 4 is 16.3 Å². The largest absolute Gasteiger partial charge is 0.397 e. The normalized spacial score (nSPS) is 19.4. The molecule has 7 unspecified atom stereocenters. The van der Waals surface area contributed by atoms with Gasteiger partial charge in [0.25, 0.3) is 0 Å². The van der Waals surface area contributed by atoms with Gasteiger partial charge in [-0.3, -0.25) is 9.35 Å². The molecule has 1 saturated heterocycles. The van der Waals surface area contributed by atoms with E-state index in [1.54, 1.807) is 0 Å². The number of hydrogen-bond donors (Lipinski definition) is 6. The van der Waals surface area contributed by atoms with Gasteiger partial charge >= 0.3 is 10.4 Å². The van der Waals surface area contributed by atoms with Crippen LogP contribution >= 0.6 is 0 Å². The van der Waals surface area contributed by atoms with Gasteiger partial charge in [0.15, 0.2) is 6.29 Å². The summed E-state index contributed by atoms with van der Waals surface area (Å²) < 4.78 is 48.0. The third-order valence-electron chi connectivity index (χ3n) is 14.7. The Morgan fingerprint density at radius 2 is 0.829 bits per heavy atom. The number of carbonyl (C=O) groups is 1. The summed E-state index contributed by atoms with van der Waals surface area (Å²) in [5.41, 5.74) is 0. The fourth-order valence-corrected chi connectivity index (χ4v) is 10.6. The highest BCUT2D eigenvalue weighted by Crippen LogP contribution is 2.26. The summed E-state index contributed by atoms with van der Waals surface area (Å²) in [6.45, 7) is 3.51. The molecule has 0 radical (unpaired) electrons. The molecule has 12 nitrogen and oxygen atoms in total. The van der Waals surface area contributed by atoms with Gasteiger partial charge in [-0.2, -0.15) is 8.42 Å². The van der Waals surface area contributed by atoms with Gasteiger partial charge in [-0.25, -0.2) is 4.18 Å². The lowest BCUT2D eigenvalue weighted by molar-refractivity contribution is -0.298. The number of carbonyl (C=O) groups excluding carboxylic acids is 1. The van der Waals surface area contributed by atoms with E-state index in [9.17, 15) is 38.2 Å². The maximum absolute atomic E-state index is 13.2. The van der Waals surface area contributed by atoms with Crippen molar-refractivity contribution in [1.82, 2.24) is 5.32 Å². The molecule has 0 spiro atoms. The summed E-state index contributed by atoms with van der Waals surface area (Å²) in [6.07, 6.45) is 46.8. The summed E-state index contributed by atoms with van der Waals surface area (Å²) >= 11 is 0. The van der Waals surface area contributed by atoms with Crippen LogP contribution < -0.4 is 5.32 Å². The fourth-order valence-electron chi connectivity index (χ4n) is 10.1. The van der Waals surface area contributed by atoms with Crippen LogP contribution in [-0.4, -0.2) is 95.4 Å². The molecule has 0 saturated carbocycles. The molecule has 13 heteroatoms. The number of hydrogen-bond acceptors (Lipinski definition) is 10. The Labute approximate surface area is 430 Å². The monoisotopic (exact) mass is 1020 g/mol. The van der Waals surface area contributed by atoms with Gasteiger partial charge in [-0.05, 0) is 12.8 Å². The van der Waals surface area contributed by atoms with Gasteiger partial charge < -0.3 is 35.2 Å². The summed E-state index contributed by atoms with van der Waals surface area (Å²) in [5.74, 6) is -0.222. The second-order valence-electron chi connectivity index (χ2n) is 21.3. The molecule has 6 N–H and O–H groups in total. The van der Waals surface area contributed by atoms with Crippen LogP contribution in [0.1, 0.15) is 303 Å². The van der Waals surface area contributed by atoms with Crippen molar-refractivity contribution in [2.45, 2.75) is 346 Å². The zero-order valence-electron chi connectivity index (χ0n) is 45.4. The predicted molar refractivity (Wildman–Crippen MR) is 287 cm³/mol. The van der Waals surface area contributed by atoms with Gasteiger partial charge in [0.05, 0.1) is 25.4 Å². The van der Waals surface area contributed by atoms with Crippen LogP contribution in [0.25, 0.3) is 0 Å². The topological polar surface area (TPSA) is 192 Å². The SMILES string of the molecule is CCCCCCCCCCCCCCCCCCCCCCCCCC(O)C(COC1OC(CO)C(O)C(OS(=O)(=O)O)C1O)NC(=O)CCCCCCCCCCCCCCCCCCCCCC. The van der Waals surface area contributed by atoms with E-state index in [4.69, 9.17) is 9.47 Å². The summed E-state index contributed by atoms with van der Waals surface area (Å²) in [6, 6.07) is -0.853. The number of aliphatic hydroxyl groups is 4. The molecule has 0 aromatic rings. The van der Waals surface area contributed by atoms with E-state index in [2.05, 4.69) is 23.3 Å². The number of aliphatic hydroxyl groups excluding tert-OH is 4. The second kappa shape index (κ2) is 47.8. The highest BCUT2D eigenvalue weighted by Gasteiger charge is 2.48. The Bertz CT molecular complexity index is 1240. The predicted octanol–water partition coefficient (Wildman–Crippen LogP) is 14.1. The molecule has 0 aliphatic carbocycles. The lowest BCUT2D eigenvalue weighted by Crippen LogP contribution is -2.61. The Morgan fingerprint density at radius 3 is 1.14 bits per heavy atom. The molecule has 1 amide bonds. The van der Waals surface area contributed by atoms with Crippen molar-refractivity contribution < 1.29 is 51.8 Å². The average Bonchev–Trinajstić information content (AvgIpc) is 3.33. The van der Waals surface area contributed by atoms with Crippen molar-refractivity contribution in [3.05, 3.63) is 0 Å². The van der Waals surface area contributed by atoms with Crippen LogP contribution in [-0.2, 0) is 28.9 Å². The number of unbranched alkanes of at least 4 members (excludes halogenated alkanes) is 41. The first-order valence-corrected chi connectivity index (χ1v) is 31.3. The first-order chi connectivity index (χ1) is 34.0. The maximum Gasteiger partial charge on any atom is 0.397 e. The van der Waals surface area contributed by atoms with Crippen molar-refractivity contribution in [1.29, 1.82) is 0 Å². The molecule has 0 aromatic heterocycles. The molecule has 0 aromatic carbocycles. The van der Waals surface area contributed by atoms with Gasteiger partial charge in [-0.15, -0.1) is 0 Å². The lowest BCUT2D eigenvalue weighted by atomic mass is 9.99. The van der Waals surface area contributed by atoms with Crippen molar-refractivity contribution in [3.63, 3.8) is 0 Å². The minimum Gasteiger partial charge on any atom is -0.394 e. The molecule has 1 heterocycles. The molecule has 1 aliphatic rings. The van der Waals surface area contributed by atoms with E-state index in [0.717, 1.165) is 51.4 Å². The summed E-state index contributed by atoms with van der Waals surface area (Å²) in [5, 5.41) is 45.2. The summed E-state index contributed by atoms with van der Waals surface area (Å²) in [4.78, 5) is 13.2. The Kier molecular flexibility index (Phi) is 45.8. The third kappa shape index (κ3) is 39.5. The van der Waals surface area contributed by atoms with E-state index < -0.39 is 59.9 Å². The first-order valence-electron chi connectivity index (χ1n) is 29.9. The number of nitrogens with one attached hydrogen (secondary N) is 1. The number of ether oxygens (including phenoxy) is 2. The second-order valence-corrected chi connectivity index (χ2v) is 22.4. The van der Waals surface area contributed by atoms with Crippen LogP contribution in [0.3, 0.4) is 0 Å². The third-order valence-corrected chi connectivity index (χ3v) is 15.1. The fraction of sp³-hybridized carbons (Fsp3) is 0.982. The molecule has 0 bridgehead atoms. The molecule has 1 fully saturated rings.